The highest BCUT2D eigenvalue weighted by Crippen LogP contribution is 2.38. The van der Waals surface area contributed by atoms with E-state index in [0.717, 1.165) is 17.1 Å². The zero-order valence-corrected chi connectivity index (χ0v) is 12.9. The molecule has 0 unspecified atom stereocenters. The van der Waals surface area contributed by atoms with Crippen LogP contribution in [0.5, 0.6) is 0 Å². The number of nitrogens with zero attached hydrogens (tertiary/aromatic N) is 3. The van der Waals surface area contributed by atoms with Gasteiger partial charge in [0.25, 0.3) is 0 Å². The van der Waals surface area contributed by atoms with Crippen molar-refractivity contribution in [3.63, 3.8) is 0 Å². The second-order valence-corrected chi connectivity index (χ2v) is 5.85. The van der Waals surface area contributed by atoms with E-state index in [4.69, 9.17) is 8.94 Å². The summed E-state index contributed by atoms with van der Waals surface area (Å²) in [4.78, 5) is 8.75. The van der Waals surface area contributed by atoms with Crippen LogP contribution in [-0.2, 0) is 6.54 Å². The van der Waals surface area contributed by atoms with E-state index in [2.05, 4.69) is 20.4 Å². The highest BCUT2D eigenvalue weighted by molar-refractivity contribution is 5.55. The van der Waals surface area contributed by atoms with Gasteiger partial charge in [0.05, 0.1) is 18.8 Å². The van der Waals surface area contributed by atoms with Crippen molar-refractivity contribution in [1.29, 1.82) is 0 Å². The van der Waals surface area contributed by atoms with Gasteiger partial charge in [0.2, 0.25) is 11.8 Å². The molecule has 1 aliphatic carbocycles. The summed E-state index contributed by atoms with van der Waals surface area (Å²) in [6.45, 7) is 2.50. The van der Waals surface area contributed by atoms with Crippen LogP contribution in [0.2, 0.25) is 0 Å². The van der Waals surface area contributed by atoms with Crippen LogP contribution in [-0.4, -0.2) is 15.1 Å². The van der Waals surface area contributed by atoms with Crippen LogP contribution in [0.3, 0.4) is 0 Å². The van der Waals surface area contributed by atoms with Crippen molar-refractivity contribution in [3.8, 4) is 11.3 Å². The molecule has 0 amide bonds. The van der Waals surface area contributed by atoms with Crippen molar-refractivity contribution < 1.29 is 8.94 Å². The lowest BCUT2D eigenvalue weighted by Crippen LogP contribution is -2.18. The standard InChI is InChI=1S/C17H18N4O2/c1-11(18-10-15-20-16(21-23-15)13-7-8-13)17-19-9-14(22-17)12-5-3-2-4-6-12/h2-6,9,11,13,18H,7-8,10H2,1H3/t11-/m0/s1. The number of hydrogen-bond acceptors (Lipinski definition) is 6. The Kier molecular flexibility index (Phi) is 3.67. The molecule has 1 aliphatic rings. The van der Waals surface area contributed by atoms with Gasteiger partial charge in [-0.2, -0.15) is 4.98 Å². The predicted molar refractivity (Wildman–Crippen MR) is 83.5 cm³/mol. The van der Waals surface area contributed by atoms with Crippen LogP contribution >= 0.6 is 0 Å². The van der Waals surface area contributed by atoms with E-state index in [1.807, 2.05) is 37.3 Å². The highest BCUT2D eigenvalue weighted by Gasteiger charge is 2.28. The Hall–Kier alpha value is -2.47. The number of nitrogens with one attached hydrogen (secondary N) is 1. The maximum absolute atomic E-state index is 5.83. The topological polar surface area (TPSA) is 77.0 Å². The first-order chi connectivity index (χ1) is 11.3. The first-order valence-corrected chi connectivity index (χ1v) is 7.86. The number of rotatable bonds is 6. The maximum Gasteiger partial charge on any atom is 0.240 e. The van der Waals surface area contributed by atoms with Gasteiger partial charge in [-0.25, -0.2) is 4.98 Å². The van der Waals surface area contributed by atoms with E-state index in [0.29, 0.717) is 24.2 Å². The molecular formula is C17H18N4O2. The lowest BCUT2D eigenvalue weighted by atomic mass is 10.2. The predicted octanol–water partition coefficient (Wildman–Crippen LogP) is 3.45. The Labute approximate surface area is 133 Å². The average Bonchev–Trinajstić information content (AvgIpc) is 3.14. The molecule has 6 nitrogen and oxygen atoms in total. The number of oxazole rings is 1. The molecule has 2 heterocycles. The fourth-order valence-corrected chi connectivity index (χ4v) is 2.40. The molecule has 1 aromatic carbocycles. The van der Waals surface area contributed by atoms with Crippen LogP contribution in [0, 0.1) is 0 Å². The van der Waals surface area contributed by atoms with Crippen LogP contribution < -0.4 is 5.32 Å². The van der Waals surface area contributed by atoms with Crippen LogP contribution in [0.1, 0.15) is 49.3 Å². The molecule has 0 bridgehead atoms. The largest absolute Gasteiger partial charge is 0.439 e. The SMILES string of the molecule is C[C@H](NCc1nc(C2CC2)no1)c1ncc(-c2ccccc2)o1. The Morgan fingerprint density at radius 1 is 1.26 bits per heavy atom. The van der Waals surface area contributed by atoms with Gasteiger partial charge in [0.15, 0.2) is 11.6 Å². The molecule has 1 N–H and O–H groups in total. The van der Waals surface area contributed by atoms with Gasteiger partial charge >= 0.3 is 0 Å². The second kappa shape index (κ2) is 5.96. The minimum Gasteiger partial charge on any atom is -0.439 e. The van der Waals surface area contributed by atoms with Crippen molar-refractivity contribution >= 4 is 0 Å². The van der Waals surface area contributed by atoms with Gasteiger partial charge < -0.3 is 8.94 Å². The summed E-state index contributed by atoms with van der Waals surface area (Å²) in [5, 5.41) is 7.31. The Morgan fingerprint density at radius 3 is 2.87 bits per heavy atom. The summed E-state index contributed by atoms with van der Waals surface area (Å²) in [5.41, 5.74) is 1.02. The summed E-state index contributed by atoms with van der Waals surface area (Å²) in [7, 11) is 0. The van der Waals surface area contributed by atoms with Gasteiger partial charge in [-0.3, -0.25) is 5.32 Å². The van der Waals surface area contributed by atoms with Gasteiger partial charge in [-0.1, -0.05) is 35.5 Å². The van der Waals surface area contributed by atoms with Crippen molar-refractivity contribution in [1.82, 2.24) is 20.4 Å². The number of hydrogen-bond donors (Lipinski definition) is 1. The average molecular weight is 310 g/mol. The lowest BCUT2D eigenvalue weighted by molar-refractivity contribution is 0.345. The second-order valence-electron chi connectivity index (χ2n) is 5.85. The third-order valence-electron chi connectivity index (χ3n) is 3.94. The molecule has 0 aliphatic heterocycles. The van der Waals surface area contributed by atoms with Crippen LogP contribution in [0.25, 0.3) is 11.3 Å². The van der Waals surface area contributed by atoms with Gasteiger partial charge in [0, 0.05) is 11.5 Å². The molecule has 4 rings (SSSR count). The fourth-order valence-electron chi connectivity index (χ4n) is 2.40. The quantitative estimate of drug-likeness (QED) is 0.751. The zero-order chi connectivity index (χ0) is 15.6. The molecule has 3 aromatic rings. The first kappa shape index (κ1) is 14.1. The number of aromatic nitrogens is 3. The molecule has 0 spiro atoms. The van der Waals surface area contributed by atoms with Crippen molar-refractivity contribution in [2.75, 3.05) is 0 Å². The molecule has 1 saturated carbocycles. The van der Waals surface area contributed by atoms with E-state index >= 15 is 0 Å². The van der Waals surface area contributed by atoms with E-state index in [1.165, 1.54) is 12.8 Å². The zero-order valence-electron chi connectivity index (χ0n) is 12.9. The van der Waals surface area contributed by atoms with E-state index < -0.39 is 0 Å². The maximum atomic E-state index is 5.83. The molecule has 0 radical (unpaired) electrons. The van der Waals surface area contributed by atoms with E-state index in [-0.39, 0.29) is 6.04 Å². The van der Waals surface area contributed by atoms with Gasteiger partial charge in [-0.05, 0) is 19.8 Å². The van der Waals surface area contributed by atoms with E-state index in [1.54, 1.807) is 6.20 Å². The Morgan fingerprint density at radius 2 is 2.09 bits per heavy atom. The highest BCUT2D eigenvalue weighted by atomic mass is 16.5. The van der Waals surface area contributed by atoms with Gasteiger partial charge in [-0.15, -0.1) is 0 Å². The summed E-state index contributed by atoms with van der Waals surface area (Å²) >= 11 is 0. The third kappa shape index (κ3) is 3.17. The number of benzene rings is 1. The van der Waals surface area contributed by atoms with Crippen LogP contribution in [0.4, 0.5) is 0 Å². The molecule has 118 valence electrons. The summed E-state index contributed by atoms with van der Waals surface area (Å²) in [6.07, 6.45) is 4.09. The molecule has 6 heteroatoms. The molecule has 1 atom stereocenters. The molecule has 0 saturated heterocycles. The lowest BCUT2D eigenvalue weighted by Gasteiger charge is -2.07. The van der Waals surface area contributed by atoms with Crippen LogP contribution in [0.15, 0.2) is 45.5 Å². The molecular weight excluding hydrogens is 292 g/mol. The Bertz CT molecular complexity index is 777. The molecule has 23 heavy (non-hydrogen) atoms. The fraction of sp³-hybridized carbons (Fsp3) is 0.353. The summed E-state index contributed by atoms with van der Waals surface area (Å²) < 4.78 is 11.1. The van der Waals surface area contributed by atoms with Gasteiger partial charge in [0.1, 0.15) is 0 Å². The molecule has 1 fully saturated rings. The minimum absolute atomic E-state index is 0.0382. The smallest absolute Gasteiger partial charge is 0.240 e. The van der Waals surface area contributed by atoms with Crippen molar-refractivity contribution in [2.45, 2.75) is 38.3 Å². The minimum atomic E-state index is -0.0382. The monoisotopic (exact) mass is 310 g/mol. The first-order valence-electron chi connectivity index (χ1n) is 7.86. The van der Waals surface area contributed by atoms with Crippen molar-refractivity contribution in [3.05, 3.63) is 54.1 Å². The summed E-state index contributed by atoms with van der Waals surface area (Å²) in [5.74, 6) is 3.35. The summed E-state index contributed by atoms with van der Waals surface area (Å²) in [6, 6.07) is 9.90. The Balaban J connectivity index is 1.38. The normalized spacial score (nSPS) is 15.7. The third-order valence-corrected chi connectivity index (χ3v) is 3.94. The van der Waals surface area contributed by atoms with Crippen molar-refractivity contribution in [2.24, 2.45) is 0 Å². The molecule has 2 aromatic heterocycles. The van der Waals surface area contributed by atoms with E-state index in [9.17, 15) is 0 Å².